The highest BCUT2D eigenvalue weighted by molar-refractivity contribution is 6.11. The van der Waals surface area contributed by atoms with E-state index in [2.05, 4.69) is 21.3 Å². The molecule has 10 heteroatoms. The topological polar surface area (TPSA) is 116 Å². The van der Waals surface area contributed by atoms with Crippen molar-refractivity contribution in [2.24, 2.45) is 0 Å². The van der Waals surface area contributed by atoms with Gasteiger partial charge in [0.2, 0.25) is 0 Å². The van der Waals surface area contributed by atoms with Crippen LogP contribution in [0.25, 0.3) is 21.8 Å². The Morgan fingerprint density at radius 1 is 0.587 bits per heavy atom. The van der Waals surface area contributed by atoms with Crippen LogP contribution in [0.2, 0.25) is 0 Å². The SMILES string of the molecule is COc1ccccc1OCCNC[C@@H](O)COc1cccc2c1c1ccccc1n2C[C@H](O)CNCCOc1ccccc1OC. The summed E-state index contributed by atoms with van der Waals surface area (Å²) in [6, 6.07) is 29.0. The van der Waals surface area contributed by atoms with Gasteiger partial charge in [0.05, 0.1) is 32.4 Å². The zero-order valence-electron chi connectivity index (χ0n) is 26.4. The number of methoxy groups -OCH3 is 2. The lowest BCUT2D eigenvalue weighted by Crippen LogP contribution is -2.33. The summed E-state index contributed by atoms with van der Waals surface area (Å²) in [5.74, 6) is 3.43. The first-order chi connectivity index (χ1) is 22.6. The number of hydrogen-bond donors (Lipinski definition) is 4. The number of nitrogens with zero attached hydrogens (tertiary/aromatic N) is 1. The van der Waals surface area contributed by atoms with Crippen molar-refractivity contribution < 1.29 is 33.9 Å². The first-order valence-corrected chi connectivity index (χ1v) is 15.5. The fraction of sp³-hybridized carbons (Fsp3) is 0.333. The summed E-state index contributed by atoms with van der Waals surface area (Å²) in [4.78, 5) is 0. The molecule has 0 aliphatic rings. The van der Waals surface area contributed by atoms with E-state index in [9.17, 15) is 10.2 Å². The van der Waals surface area contributed by atoms with Crippen LogP contribution in [0.15, 0.2) is 91.0 Å². The number of rotatable bonds is 19. The molecule has 0 fully saturated rings. The van der Waals surface area contributed by atoms with E-state index in [1.807, 2.05) is 84.9 Å². The first kappa shape index (κ1) is 32.9. The lowest BCUT2D eigenvalue weighted by molar-refractivity contribution is 0.106. The standard InChI is InChI=1S/C36H43N3O7/c1-42-31-13-5-7-15-33(31)44-20-18-37-22-26(40)24-39-29-11-4-3-10-28(29)36-30(39)12-9-17-35(36)46-25-27(41)23-38-19-21-45-34-16-8-6-14-32(34)43-2/h3-17,26-27,37-38,40-41H,18-25H2,1-2H3/t26-,27-/m1/s1. The van der Waals surface area contributed by atoms with Crippen LogP contribution in [0.3, 0.4) is 0 Å². The van der Waals surface area contributed by atoms with Crippen molar-refractivity contribution >= 4 is 21.8 Å². The molecule has 4 N–H and O–H groups in total. The highest BCUT2D eigenvalue weighted by atomic mass is 16.5. The molecule has 2 atom stereocenters. The molecule has 1 aromatic heterocycles. The van der Waals surface area contributed by atoms with Gasteiger partial charge in [0.25, 0.3) is 0 Å². The van der Waals surface area contributed by atoms with Gasteiger partial charge in [-0.05, 0) is 42.5 Å². The van der Waals surface area contributed by atoms with Crippen LogP contribution in [0.4, 0.5) is 0 Å². The fourth-order valence-electron chi connectivity index (χ4n) is 5.38. The molecular weight excluding hydrogens is 586 g/mol. The van der Waals surface area contributed by atoms with E-state index in [0.717, 1.165) is 21.8 Å². The van der Waals surface area contributed by atoms with Crippen LogP contribution in [0.1, 0.15) is 0 Å². The van der Waals surface area contributed by atoms with Crippen molar-refractivity contribution in [1.82, 2.24) is 15.2 Å². The molecule has 0 amide bonds. The molecule has 1 heterocycles. The minimum atomic E-state index is -0.713. The Bertz CT molecular complexity index is 1670. The second kappa shape index (κ2) is 16.7. The van der Waals surface area contributed by atoms with Crippen molar-refractivity contribution in [3.63, 3.8) is 0 Å². The first-order valence-electron chi connectivity index (χ1n) is 15.5. The number of para-hydroxylation sites is 5. The Kier molecular flexibility index (Phi) is 12.0. The van der Waals surface area contributed by atoms with Crippen molar-refractivity contribution in [2.45, 2.75) is 18.8 Å². The molecule has 0 bridgehead atoms. The van der Waals surface area contributed by atoms with E-state index in [1.54, 1.807) is 14.2 Å². The molecule has 0 radical (unpaired) electrons. The Balaban J connectivity index is 1.13. The van der Waals surface area contributed by atoms with Gasteiger partial charge in [-0.3, -0.25) is 0 Å². The summed E-state index contributed by atoms with van der Waals surface area (Å²) >= 11 is 0. The van der Waals surface area contributed by atoms with Gasteiger partial charge in [0, 0.05) is 42.5 Å². The second-order valence-electron chi connectivity index (χ2n) is 10.8. The Hall–Kier alpha value is -4.48. The molecular formula is C36H43N3O7. The Morgan fingerprint density at radius 2 is 1.11 bits per heavy atom. The van der Waals surface area contributed by atoms with Crippen LogP contribution in [0, 0.1) is 0 Å². The van der Waals surface area contributed by atoms with E-state index >= 15 is 0 Å². The number of aliphatic hydroxyl groups is 2. The molecule has 46 heavy (non-hydrogen) atoms. The molecule has 244 valence electrons. The summed E-state index contributed by atoms with van der Waals surface area (Å²) in [5, 5.41) is 30.1. The van der Waals surface area contributed by atoms with Gasteiger partial charge in [-0.15, -0.1) is 0 Å². The van der Waals surface area contributed by atoms with E-state index in [4.69, 9.17) is 23.7 Å². The van der Waals surface area contributed by atoms with E-state index in [1.165, 1.54) is 0 Å². The summed E-state index contributed by atoms with van der Waals surface area (Å²) in [5.41, 5.74) is 1.96. The van der Waals surface area contributed by atoms with Crippen LogP contribution in [-0.2, 0) is 6.54 Å². The monoisotopic (exact) mass is 629 g/mol. The average molecular weight is 630 g/mol. The molecule has 4 aromatic carbocycles. The van der Waals surface area contributed by atoms with Crippen molar-refractivity contribution in [3.8, 4) is 28.7 Å². The second-order valence-corrected chi connectivity index (χ2v) is 10.8. The molecule has 0 unspecified atom stereocenters. The molecule has 5 aromatic rings. The van der Waals surface area contributed by atoms with Crippen LogP contribution in [0.5, 0.6) is 28.7 Å². The van der Waals surface area contributed by atoms with Crippen molar-refractivity contribution in [1.29, 1.82) is 0 Å². The molecule has 0 aliphatic carbocycles. The highest BCUT2D eigenvalue weighted by Gasteiger charge is 2.17. The van der Waals surface area contributed by atoms with E-state index in [0.29, 0.717) is 74.7 Å². The molecule has 0 saturated heterocycles. The van der Waals surface area contributed by atoms with E-state index in [-0.39, 0.29) is 6.61 Å². The van der Waals surface area contributed by atoms with Crippen LogP contribution >= 0.6 is 0 Å². The van der Waals surface area contributed by atoms with Gasteiger partial charge in [-0.1, -0.05) is 48.5 Å². The van der Waals surface area contributed by atoms with Crippen molar-refractivity contribution in [2.75, 3.05) is 60.2 Å². The zero-order valence-corrected chi connectivity index (χ0v) is 26.4. The van der Waals surface area contributed by atoms with Crippen LogP contribution in [-0.4, -0.2) is 87.2 Å². The number of hydrogen-bond acceptors (Lipinski definition) is 9. The lowest BCUT2D eigenvalue weighted by Gasteiger charge is -2.16. The minimum absolute atomic E-state index is 0.127. The van der Waals surface area contributed by atoms with Gasteiger partial charge in [-0.25, -0.2) is 0 Å². The van der Waals surface area contributed by atoms with Crippen molar-refractivity contribution in [3.05, 3.63) is 91.0 Å². The summed E-state index contributed by atoms with van der Waals surface area (Å²) in [7, 11) is 3.23. The molecule has 10 nitrogen and oxygen atoms in total. The van der Waals surface area contributed by atoms with Crippen LogP contribution < -0.4 is 34.3 Å². The van der Waals surface area contributed by atoms with Gasteiger partial charge in [0.15, 0.2) is 23.0 Å². The Morgan fingerprint density at radius 3 is 1.74 bits per heavy atom. The quantitative estimate of drug-likeness (QED) is 0.0996. The third-order valence-corrected chi connectivity index (χ3v) is 7.55. The maximum absolute atomic E-state index is 11.0. The summed E-state index contributed by atoms with van der Waals surface area (Å²) in [6.07, 6.45) is -1.34. The number of fused-ring (bicyclic) bond motifs is 3. The fourth-order valence-corrected chi connectivity index (χ4v) is 5.38. The maximum atomic E-state index is 11.0. The third kappa shape index (κ3) is 8.41. The highest BCUT2D eigenvalue weighted by Crippen LogP contribution is 2.36. The van der Waals surface area contributed by atoms with Gasteiger partial charge >= 0.3 is 0 Å². The summed E-state index contributed by atoms with van der Waals surface area (Å²) < 4.78 is 30.5. The minimum Gasteiger partial charge on any atom is -0.493 e. The maximum Gasteiger partial charge on any atom is 0.161 e. The molecule has 0 saturated carbocycles. The predicted molar refractivity (Wildman–Crippen MR) is 180 cm³/mol. The average Bonchev–Trinajstić information content (AvgIpc) is 3.41. The number of benzene rings is 4. The number of aromatic nitrogens is 1. The van der Waals surface area contributed by atoms with Gasteiger partial charge in [0.1, 0.15) is 31.7 Å². The predicted octanol–water partition coefficient (Wildman–Crippen LogP) is 4.25. The Labute approximate surface area is 269 Å². The van der Waals surface area contributed by atoms with Gasteiger partial charge < -0.3 is 49.1 Å². The lowest BCUT2D eigenvalue weighted by atomic mass is 10.1. The smallest absolute Gasteiger partial charge is 0.161 e. The third-order valence-electron chi connectivity index (χ3n) is 7.55. The van der Waals surface area contributed by atoms with Gasteiger partial charge in [-0.2, -0.15) is 0 Å². The largest absolute Gasteiger partial charge is 0.493 e. The number of aliphatic hydroxyl groups excluding tert-OH is 2. The number of ether oxygens (including phenoxy) is 5. The zero-order chi connectivity index (χ0) is 32.1. The molecule has 0 spiro atoms. The molecule has 5 rings (SSSR count). The van der Waals surface area contributed by atoms with E-state index < -0.39 is 12.2 Å². The molecule has 0 aliphatic heterocycles. The normalized spacial score (nSPS) is 12.6. The summed E-state index contributed by atoms with van der Waals surface area (Å²) in [6.45, 7) is 3.31. The number of nitrogens with one attached hydrogen (secondary N) is 2.